The molecule has 1 amide bonds. The fraction of sp³-hybridized carbons (Fsp3) is 0.650. The van der Waals surface area contributed by atoms with Crippen molar-refractivity contribution in [3.05, 3.63) is 34.4 Å². The normalized spacial score (nSPS) is 15.3. The van der Waals surface area contributed by atoms with Crippen molar-refractivity contribution in [2.75, 3.05) is 39.3 Å². The van der Waals surface area contributed by atoms with Crippen molar-refractivity contribution in [3.63, 3.8) is 0 Å². The van der Waals surface area contributed by atoms with Crippen LogP contribution in [0.5, 0.6) is 5.75 Å². The van der Waals surface area contributed by atoms with Gasteiger partial charge in [-0.05, 0) is 52.6 Å². The highest BCUT2D eigenvalue weighted by molar-refractivity contribution is 5.68. The molecule has 0 N–H and O–H groups in total. The van der Waals surface area contributed by atoms with Crippen molar-refractivity contribution in [1.82, 2.24) is 9.80 Å². The Labute approximate surface area is 166 Å². The second kappa shape index (κ2) is 10.3. The summed E-state index contributed by atoms with van der Waals surface area (Å²) in [4.78, 5) is 26.5. The zero-order valence-electron chi connectivity index (χ0n) is 17.1. The van der Waals surface area contributed by atoms with E-state index >= 15 is 0 Å². The Morgan fingerprint density at radius 2 is 1.86 bits per heavy atom. The Morgan fingerprint density at radius 1 is 1.14 bits per heavy atom. The van der Waals surface area contributed by atoms with E-state index in [0.29, 0.717) is 25.4 Å². The number of carbonyl (C=O) groups is 1. The molecule has 1 aliphatic heterocycles. The van der Waals surface area contributed by atoms with E-state index < -0.39 is 10.5 Å². The molecule has 0 atom stereocenters. The van der Waals surface area contributed by atoms with Gasteiger partial charge in [0.05, 0.1) is 17.6 Å². The van der Waals surface area contributed by atoms with E-state index in [9.17, 15) is 14.9 Å². The molecule has 0 saturated carbocycles. The number of non-ortho nitro benzene ring substituents is 1. The molecule has 8 nitrogen and oxygen atoms in total. The molecule has 1 aromatic rings. The molecule has 0 aliphatic carbocycles. The first-order valence-corrected chi connectivity index (χ1v) is 9.82. The summed E-state index contributed by atoms with van der Waals surface area (Å²) in [5.41, 5.74) is -0.413. The minimum absolute atomic E-state index is 0.0445. The number of ether oxygens (including phenoxy) is 2. The van der Waals surface area contributed by atoms with Crippen LogP contribution in [0.3, 0.4) is 0 Å². The Kier molecular flexibility index (Phi) is 8.04. The van der Waals surface area contributed by atoms with Gasteiger partial charge in [-0.3, -0.25) is 15.0 Å². The fourth-order valence-electron chi connectivity index (χ4n) is 2.97. The summed E-state index contributed by atoms with van der Waals surface area (Å²) in [5.74, 6) is 0.535. The predicted molar refractivity (Wildman–Crippen MR) is 107 cm³/mol. The third-order valence-electron chi connectivity index (χ3n) is 4.44. The Morgan fingerprint density at radius 3 is 2.50 bits per heavy atom. The summed E-state index contributed by atoms with van der Waals surface area (Å²) < 4.78 is 11.0. The zero-order valence-corrected chi connectivity index (χ0v) is 17.1. The monoisotopic (exact) mass is 393 g/mol. The van der Waals surface area contributed by atoms with Crippen LogP contribution in [0, 0.1) is 10.1 Å². The van der Waals surface area contributed by atoms with Gasteiger partial charge in [-0.1, -0.05) is 6.07 Å². The topological polar surface area (TPSA) is 85.2 Å². The number of rotatable bonds is 8. The van der Waals surface area contributed by atoms with Crippen LogP contribution in [0.2, 0.25) is 0 Å². The second-order valence-corrected chi connectivity index (χ2v) is 7.97. The van der Waals surface area contributed by atoms with Gasteiger partial charge in [-0.2, -0.15) is 0 Å². The van der Waals surface area contributed by atoms with E-state index in [1.54, 1.807) is 17.0 Å². The maximum atomic E-state index is 12.1. The van der Waals surface area contributed by atoms with E-state index in [1.165, 1.54) is 12.1 Å². The predicted octanol–water partition coefficient (Wildman–Crippen LogP) is 3.70. The third kappa shape index (κ3) is 7.72. The van der Waals surface area contributed by atoms with Gasteiger partial charge in [-0.25, -0.2) is 4.79 Å². The Hall–Kier alpha value is -2.35. The third-order valence-corrected chi connectivity index (χ3v) is 4.44. The van der Waals surface area contributed by atoms with E-state index in [0.717, 1.165) is 38.9 Å². The first-order chi connectivity index (χ1) is 13.2. The molecule has 28 heavy (non-hydrogen) atoms. The molecule has 1 aromatic carbocycles. The number of nitro groups is 1. The highest BCUT2D eigenvalue weighted by Gasteiger charge is 2.25. The quantitative estimate of drug-likeness (QED) is 0.380. The van der Waals surface area contributed by atoms with Crippen molar-refractivity contribution < 1.29 is 19.2 Å². The van der Waals surface area contributed by atoms with Crippen molar-refractivity contribution in [2.24, 2.45) is 0 Å². The van der Waals surface area contributed by atoms with Crippen molar-refractivity contribution in [3.8, 4) is 5.75 Å². The number of piperazine rings is 1. The minimum atomic E-state index is -0.457. The van der Waals surface area contributed by atoms with E-state index in [2.05, 4.69) is 4.90 Å². The minimum Gasteiger partial charge on any atom is -0.493 e. The van der Waals surface area contributed by atoms with Crippen LogP contribution in [0.25, 0.3) is 0 Å². The van der Waals surface area contributed by atoms with Gasteiger partial charge in [0.15, 0.2) is 0 Å². The average Bonchev–Trinajstić information content (AvgIpc) is 2.64. The molecular formula is C20H31N3O5. The number of hydrogen-bond acceptors (Lipinski definition) is 6. The molecule has 1 saturated heterocycles. The molecular weight excluding hydrogens is 362 g/mol. The van der Waals surface area contributed by atoms with Crippen LogP contribution < -0.4 is 4.74 Å². The molecule has 0 unspecified atom stereocenters. The summed E-state index contributed by atoms with van der Waals surface area (Å²) in [5, 5.41) is 10.8. The summed E-state index contributed by atoms with van der Waals surface area (Å²) in [6, 6.07) is 6.26. The van der Waals surface area contributed by atoms with Crippen molar-refractivity contribution in [2.45, 2.75) is 45.6 Å². The second-order valence-electron chi connectivity index (χ2n) is 7.97. The lowest BCUT2D eigenvalue weighted by molar-refractivity contribution is -0.384. The lowest BCUT2D eigenvalue weighted by Gasteiger charge is -2.35. The molecule has 0 aromatic heterocycles. The zero-order chi connectivity index (χ0) is 20.6. The summed E-state index contributed by atoms with van der Waals surface area (Å²) in [6.07, 6.45) is 2.76. The molecule has 1 heterocycles. The smallest absolute Gasteiger partial charge is 0.410 e. The molecule has 8 heteroatoms. The van der Waals surface area contributed by atoms with Crippen LogP contribution in [0.4, 0.5) is 10.5 Å². The number of hydrogen-bond donors (Lipinski definition) is 0. The number of carbonyl (C=O) groups excluding carboxylic acids is 1. The SMILES string of the molecule is CC(C)(C)OC(=O)N1CCN(CCCCCOc2cccc([N+](=O)[O-])c2)CC1. The van der Waals surface area contributed by atoms with Crippen LogP contribution in [-0.4, -0.2) is 65.7 Å². The van der Waals surface area contributed by atoms with E-state index in [1.807, 2.05) is 20.8 Å². The van der Waals surface area contributed by atoms with Crippen LogP contribution >= 0.6 is 0 Å². The first-order valence-electron chi connectivity index (χ1n) is 9.82. The summed E-state index contributed by atoms with van der Waals surface area (Å²) >= 11 is 0. The summed E-state index contributed by atoms with van der Waals surface area (Å²) in [6.45, 7) is 10.3. The first kappa shape index (κ1) is 21.9. The van der Waals surface area contributed by atoms with Gasteiger partial charge < -0.3 is 14.4 Å². The standard InChI is InChI=1S/C20H31N3O5/c1-20(2,3)28-19(24)22-13-11-21(12-14-22)10-5-4-6-15-27-18-9-7-8-17(16-18)23(25)26/h7-9,16H,4-6,10-15H2,1-3H3. The molecule has 156 valence electrons. The van der Waals surface area contributed by atoms with Gasteiger partial charge in [0, 0.05) is 32.2 Å². The van der Waals surface area contributed by atoms with Crippen LogP contribution in [-0.2, 0) is 4.74 Å². The number of unbranched alkanes of at least 4 members (excludes halogenated alkanes) is 2. The Bertz CT molecular complexity index is 651. The van der Waals surface area contributed by atoms with E-state index in [4.69, 9.17) is 9.47 Å². The van der Waals surface area contributed by atoms with Gasteiger partial charge >= 0.3 is 6.09 Å². The van der Waals surface area contributed by atoms with Crippen molar-refractivity contribution >= 4 is 11.8 Å². The Balaban J connectivity index is 1.56. The number of nitro benzene ring substituents is 1. The average molecular weight is 393 g/mol. The number of nitrogens with zero attached hydrogens (tertiary/aromatic N) is 3. The maximum Gasteiger partial charge on any atom is 0.410 e. The highest BCUT2D eigenvalue weighted by Crippen LogP contribution is 2.19. The molecule has 0 radical (unpaired) electrons. The van der Waals surface area contributed by atoms with Gasteiger partial charge in [-0.15, -0.1) is 0 Å². The molecule has 0 spiro atoms. The van der Waals surface area contributed by atoms with Crippen LogP contribution in [0.15, 0.2) is 24.3 Å². The van der Waals surface area contributed by atoms with Gasteiger partial charge in [0.2, 0.25) is 0 Å². The largest absolute Gasteiger partial charge is 0.493 e. The van der Waals surface area contributed by atoms with Crippen molar-refractivity contribution in [1.29, 1.82) is 0 Å². The fourth-order valence-corrected chi connectivity index (χ4v) is 2.97. The van der Waals surface area contributed by atoms with Crippen LogP contribution in [0.1, 0.15) is 40.0 Å². The molecule has 2 rings (SSSR count). The molecule has 0 bridgehead atoms. The van der Waals surface area contributed by atoms with Gasteiger partial charge in [0.25, 0.3) is 5.69 Å². The maximum absolute atomic E-state index is 12.1. The summed E-state index contributed by atoms with van der Waals surface area (Å²) in [7, 11) is 0. The lowest BCUT2D eigenvalue weighted by Crippen LogP contribution is -2.50. The van der Waals surface area contributed by atoms with E-state index in [-0.39, 0.29) is 11.8 Å². The number of amides is 1. The number of benzene rings is 1. The molecule has 1 aliphatic rings. The lowest BCUT2D eigenvalue weighted by atomic mass is 10.2. The highest BCUT2D eigenvalue weighted by atomic mass is 16.6. The van der Waals surface area contributed by atoms with Gasteiger partial charge in [0.1, 0.15) is 11.4 Å². The molecule has 1 fully saturated rings.